The highest BCUT2D eigenvalue weighted by atomic mass is 79.9. The standard InChI is InChI=1S/C15H11BrF3NO4/c1-23-10-6-4-7-8(12(10)15(17,18)19)3-5-9(16)11(7)13(21)20-14(22)24-2/h3-6H,1-2H3,(H,20,21,22). The van der Waals surface area contributed by atoms with Gasteiger partial charge in [0.05, 0.1) is 19.8 Å². The third-order valence-corrected chi connectivity index (χ3v) is 3.90. The van der Waals surface area contributed by atoms with Crippen molar-refractivity contribution in [2.45, 2.75) is 6.18 Å². The Morgan fingerprint density at radius 2 is 1.71 bits per heavy atom. The lowest BCUT2D eigenvalue weighted by molar-refractivity contribution is -0.137. The zero-order valence-electron chi connectivity index (χ0n) is 12.5. The molecule has 0 bridgehead atoms. The highest BCUT2D eigenvalue weighted by molar-refractivity contribution is 9.10. The van der Waals surface area contributed by atoms with E-state index in [4.69, 9.17) is 4.74 Å². The van der Waals surface area contributed by atoms with E-state index in [9.17, 15) is 22.8 Å². The van der Waals surface area contributed by atoms with Crippen LogP contribution in [-0.2, 0) is 10.9 Å². The number of alkyl carbamates (subject to hydrolysis) is 1. The maximum absolute atomic E-state index is 13.4. The molecular weight excluding hydrogens is 395 g/mol. The van der Waals surface area contributed by atoms with Crippen LogP contribution < -0.4 is 10.1 Å². The number of hydrogen-bond acceptors (Lipinski definition) is 4. The Kier molecular flexibility index (Phi) is 5.02. The van der Waals surface area contributed by atoms with Crippen LogP contribution in [-0.4, -0.2) is 26.2 Å². The molecule has 0 unspecified atom stereocenters. The lowest BCUT2D eigenvalue weighted by Crippen LogP contribution is -2.30. The van der Waals surface area contributed by atoms with E-state index in [1.807, 2.05) is 5.32 Å². The van der Waals surface area contributed by atoms with E-state index in [1.54, 1.807) is 0 Å². The van der Waals surface area contributed by atoms with E-state index >= 15 is 0 Å². The van der Waals surface area contributed by atoms with Crippen LogP contribution in [0.4, 0.5) is 18.0 Å². The third kappa shape index (κ3) is 3.30. The summed E-state index contributed by atoms with van der Waals surface area (Å²) in [5.74, 6) is -1.26. The number of halogens is 4. The minimum atomic E-state index is -4.69. The maximum Gasteiger partial charge on any atom is 0.420 e. The second-order valence-corrected chi connectivity index (χ2v) is 5.46. The predicted octanol–water partition coefficient (Wildman–Crippen LogP) is 4.13. The van der Waals surface area contributed by atoms with E-state index < -0.39 is 23.7 Å². The van der Waals surface area contributed by atoms with Crippen molar-refractivity contribution in [3.05, 3.63) is 39.9 Å². The summed E-state index contributed by atoms with van der Waals surface area (Å²) in [4.78, 5) is 23.4. The van der Waals surface area contributed by atoms with Crippen molar-refractivity contribution in [2.24, 2.45) is 0 Å². The van der Waals surface area contributed by atoms with Crippen LogP contribution in [0.1, 0.15) is 15.9 Å². The average molecular weight is 406 g/mol. The van der Waals surface area contributed by atoms with Crippen LogP contribution in [0.5, 0.6) is 5.75 Å². The molecule has 0 aliphatic heterocycles. The highest BCUT2D eigenvalue weighted by Crippen LogP contribution is 2.42. The zero-order valence-corrected chi connectivity index (χ0v) is 14.0. The second-order valence-electron chi connectivity index (χ2n) is 4.60. The Balaban J connectivity index is 2.77. The van der Waals surface area contributed by atoms with Crippen molar-refractivity contribution >= 4 is 38.7 Å². The van der Waals surface area contributed by atoms with Gasteiger partial charge in [-0.1, -0.05) is 6.07 Å². The lowest BCUT2D eigenvalue weighted by Gasteiger charge is -2.17. The van der Waals surface area contributed by atoms with Crippen LogP contribution in [0.2, 0.25) is 0 Å². The van der Waals surface area contributed by atoms with Crippen LogP contribution >= 0.6 is 15.9 Å². The van der Waals surface area contributed by atoms with Crippen molar-refractivity contribution < 1.29 is 32.2 Å². The number of benzene rings is 2. The summed E-state index contributed by atoms with van der Waals surface area (Å²) in [5.41, 5.74) is -1.12. The quantitative estimate of drug-likeness (QED) is 0.815. The molecule has 0 aromatic heterocycles. The first-order valence-electron chi connectivity index (χ1n) is 6.46. The molecule has 9 heteroatoms. The Morgan fingerprint density at radius 3 is 2.25 bits per heavy atom. The first-order valence-corrected chi connectivity index (χ1v) is 7.25. The molecule has 0 aliphatic carbocycles. The fraction of sp³-hybridized carbons (Fsp3) is 0.200. The second kappa shape index (κ2) is 6.68. The number of hydrogen-bond donors (Lipinski definition) is 1. The molecule has 0 saturated heterocycles. The molecule has 128 valence electrons. The first-order chi connectivity index (χ1) is 11.2. The van der Waals surface area contributed by atoms with E-state index in [2.05, 4.69) is 20.7 Å². The van der Waals surface area contributed by atoms with Gasteiger partial charge in [-0.2, -0.15) is 13.2 Å². The Bertz CT molecular complexity index is 820. The summed E-state index contributed by atoms with van der Waals surface area (Å²) in [6.45, 7) is 0. The first kappa shape index (κ1) is 18.1. The van der Waals surface area contributed by atoms with Crippen molar-refractivity contribution in [1.29, 1.82) is 0 Å². The summed E-state index contributed by atoms with van der Waals surface area (Å²) in [6.07, 6.45) is -5.71. The van der Waals surface area contributed by atoms with Crippen molar-refractivity contribution in [1.82, 2.24) is 5.32 Å². The molecule has 24 heavy (non-hydrogen) atoms. The molecule has 2 amide bonds. The van der Waals surface area contributed by atoms with Gasteiger partial charge in [0, 0.05) is 4.47 Å². The monoisotopic (exact) mass is 405 g/mol. The van der Waals surface area contributed by atoms with Gasteiger partial charge < -0.3 is 9.47 Å². The van der Waals surface area contributed by atoms with Gasteiger partial charge in [-0.05, 0) is 44.9 Å². The molecular formula is C15H11BrF3NO4. The maximum atomic E-state index is 13.4. The Hall–Kier alpha value is -2.29. The smallest absolute Gasteiger partial charge is 0.420 e. The van der Waals surface area contributed by atoms with E-state index in [-0.39, 0.29) is 26.6 Å². The molecule has 0 heterocycles. The molecule has 2 aromatic rings. The number of carbonyl (C=O) groups excluding carboxylic acids is 2. The van der Waals surface area contributed by atoms with Gasteiger partial charge in [0.2, 0.25) is 0 Å². The molecule has 5 nitrogen and oxygen atoms in total. The lowest BCUT2D eigenvalue weighted by atomic mass is 9.98. The van der Waals surface area contributed by atoms with Crippen LogP contribution in [0, 0.1) is 0 Å². The van der Waals surface area contributed by atoms with Crippen LogP contribution in [0.3, 0.4) is 0 Å². The van der Waals surface area contributed by atoms with Crippen LogP contribution in [0.25, 0.3) is 10.8 Å². The van der Waals surface area contributed by atoms with Gasteiger partial charge in [-0.25, -0.2) is 4.79 Å². The molecule has 2 rings (SSSR count). The third-order valence-electron chi connectivity index (χ3n) is 3.24. The molecule has 2 aromatic carbocycles. The van der Waals surface area contributed by atoms with Gasteiger partial charge >= 0.3 is 12.3 Å². The van der Waals surface area contributed by atoms with Gasteiger partial charge in [0.25, 0.3) is 5.91 Å². The van der Waals surface area contributed by atoms with Crippen molar-refractivity contribution in [3.63, 3.8) is 0 Å². The van der Waals surface area contributed by atoms with Crippen LogP contribution in [0.15, 0.2) is 28.7 Å². The van der Waals surface area contributed by atoms with E-state index in [0.717, 1.165) is 20.3 Å². The topological polar surface area (TPSA) is 64.6 Å². The largest absolute Gasteiger partial charge is 0.496 e. The zero-order chi connectivity index (χ0) is 18.1. The molecule has 0 spiro atoms. The Morgan fingerprint density at radius 1 is 1.08 bits per heavy atom. The minimum Gasteiger partial charge on any atom is -0.496 e. The summed E-state index contributed by atoms with van der Waals surface area (Å²) >= 11 is 3.12. The number of methoxy groups -OCH3 is 2. The SMILES string of the molecule is COC(=O)NC(=O)c1c(Br)ccc2c(C(F)(F)F)c(OC)ccc12. The van der Waals surface area contributed by atoms with Crippen molar-refractivity contribution in [3.8, 4) is 5.75 Å². The summed E-state index contributed by atoms with van der Waals surface area (Å²) in [7, 11) is 2.19. The van der Waals surface area contributed by atoms with Gasteiger partial charge in [0.1, 0.15) is 11.3 Å². The van der Waals surface area contributed by atoms with Gasteiger partial charge in [-0.15, -0.1) is 0 Å². The number of carbonyl (C=O) groups is 2. The number of rotatable bonds is 2. The van der Waals surface area contributed by atoms with Gasteiger partial charge in [0.15, 0.2) is 0 Å². The molecule has 0 fully saturated rings. The molecule has 0 atom stereocenters. The average Bonchev–Trinajstić information content (AvgIpc) is 2.52. The minimum absolute atomic E-state index is 0.0129. The Labute approximate surface area is 142 Å². The number of amides is 2. The fourth-order valence-corrected chi connectivity index (χ4v) is 2.78. The molecule has 0 saturated carbocycles. The number of nitrogens with one attached hydrogen (secondary N) is 1. The number of alkyl halides is 3. The fourth-order valence-electron chi connectivity index (χ4n) is 2.26. The number of fused-ring (bicyclic) bond motifs is 1. The van der Waals surface area contributed by atoms with Gasteiger partial charge in [-0.3, -0.25) is 10.1 Å². The number of imide groups is 1. The molecule has 1 N–H and O–H groups in total. The summed E-state index contributed by atoms with van der Waals surface area (Å²) in [5, 5.41) is 1.71. The van der Waals surface area contributed by atoms with E-state index in [1.165, 1.54) is 18.2 Å². The van der Waals surface area contributed by atoms with E-state index in [0.29, 0.717) is 0 Å². The summed E-state index contributed by atoms with van der Waals surface area (Å²) < 4.78 is 49.5. The molecule has 0 radical (unpaired) electrons. The number of ether oxygens (including phenoxy) is 2. The van der Waals surface area contributed by atoms with Crippen molar-refractivity contribution in [2.75, 3.05) is 14.2 Å². The highest BCUT2D eigenvalue weighted by Gasteiger charge is 2.37. The normalized spacial score (nSPS) is 11.2. The predicted molar refractivity (Wildman–Crippen MR) is 83.1 cm³/mol. The molecule has 0 aliphatic rings. The summed E-state index contributed by atoms with van der Waals surface area (Å²) in [6, 6.07) is 4.95.